The summed E-state index contributed by atoms with van der Waals surface area (Å²) < 4.78 is 5.70. The van der Waals surface area contributed by atoms with Crippen molar-refractivity contribution in [2.45, 2.75) is 31.7 Å². The van der Waals surface area contributed by atoms with Crippen LogP contribution in [0.3, 0.4) is 0 Å². The minimum atomic E-state index is 0.0355. The summed E-state index contributed by atoms with van der Waals surface area (Å²) in [5.41, 5.74) is 2.47. The van der Waals surface area contributed by atoms with Gasteiger partial charge in [0.2, 0.25) is 0 Å². The predicted octanol–water partition coefficient (Wildman–Crippen LogP) is 3.74. The van der Waals surface area contributed by atoms with E-state index in [1.807, 2.05) is 24.3 Å². The number of benzene rings is 2. The summed E-state index contributed by atoms with van der Waals surface area (Å²) in [4.78, 5) is 0. The van der Waals surface area contributed by atoms with Crippen LogP contribution >= 0.6 is 0 Å². The molecule has 0 aliphatic carbocycles. The highest BCUT2D eigenvalue weighted by Crippen LogP contribution is 2.11. The van der Waals surface area contributed by atoms with E-state index in [0.717, 1.165) is 51.0 Å². The highest BCUT2D eigenvalue weighted by molar-refractivity contribution is 5.18. The molecule has 3 heteroatoms. The molecule has 0 saturated carbocycles. The first-order valence-electron chi connectivity index (χ1n) is 8.91. The van der Waals surface area contributed by atoms with Crippen molar-refractivity contribution >= 4 is 0 Å². The Labute approximate surface area is 145 Å². The zero-order valence-corrected chi connectivity index (χ0v) is 14.4. The molecule has 0 amide bonds. The van der Waals surface area contributed by atoms with E-state index in [0.29, 0.717) is 0 Å². The Bertz CT molecular complexity index is 530. The summed E-state index contributed by atoms with van der Waals surface area (Å²) in [6.07, 6.45) is 4.32. The van der Waals surface area contributed by atoms with Crippen LogP contribution in [0.4, 0.5) is 0 Å². The van der Waals surface area contributed by atoms with Crippen LogP contribution in [0, 0.1) is 0 Å². The van der Waals surface area contributed by atoms with Gasteiger partial charge in [-0.05, 0) is 43.4 Å². The maximum Gasteiger partial charge on any atom is 0.0626 e. The summed E-state index contributed by atoms with van der Waals surface area (Å²) >= 11 is 0. The minimum absolute atomic E-state index is 0.0355. The van der Waals surface area contributed by atoms with Crippen molar-refractivity contribution in [2.75, 3.05) is 26.4 Å². The van der Waals surface area contributed by atoms with Crippen molar-refractivity contribution in [3.63, 3.8) is 0 Å². The van der Waals surface area contributed by atoms with Gasteiger partial charge in [-0.25, -0.2) is 0 Å². The molecule has 0 aromatic heterocycles. The molecule has 0 radical (unpaired) electrons. The molecule has 2 N–H and O–H groups in total. The van der Waals surface area contributed by atoms with Crippen LogP contribution in [0.25, 0.3) is 0 Å². The van der Waals surface area contributed by atoms with E-state index in [1.165, 1.54) is 5.56 Å². The molecule has 24 heavy (non-hydrogen) atoms. The summed E-state index contributed by atoms with van der Waals surface area (Å²) in [5, 5.41) is 12.9. The Kier molecular flexibility index (Phi) is 9.17. The minimum Gasteiger partial charge on any atom is -0.394 e. The molecule has 2 rings (SSSR count). The van der Waals surface area contributed by atoms with E-state index < -0.39 is 0 Å². The molecule has 130 valence electrons. The second kappa shape index (κ2) is 11.8. The lowest BCUT2D eigenvalue weighted by molar-refractivity contribution is 0.133. The molecule has 2 aromatic carbocycles. The van der Waals surface area contributed by atoms with Crippen LogP contribution in [-0.2, 0) is 11.2 Å². The molecular formula is C21H29NO2. The fourth-order valence-corrected chi connectivity index (χ4v) is 2.69. The molecule has 1 atom stereocenters. The summed E-state index contributed by atoms with van der Waals surface area (Å²) in [5.74, 6) is 0. The van der Waals surface area contributed by atoms with Gasteiger partial charge in [0.05, 0.1) is 19.3 Å². The molecule has 3 nitrogen and oxygen atoms in total. The van der Waals surface area contributed by atoms with E-state index >= 15 is 0 Å². The molecule has 0 saturated heterocycles. The fraction of sp³-hybridized carbons (Fsp3) is 0.429. The Morgan fingerprint density at radius 2 is 1.54 bits per heavy atom. The van der Waals surface area contributed by atoms with Crippen LogP contribution in [0.2, 0.25) is 0 Å². The van der Waals surface area contributed by atoms with Gasteiger partial charge < -0.3 is 15.2 Å². The normalized spacial score (nSPS) is 12.2. The topological polar surface area (TPSA) is 41.5 Å². The third kappa shape index (κ3) is 7.26. The molecule has 2 aromatic rings. The smallest absolute Gasteiger partial charge is 0.0626 e. The molecule has 0 heterocycles. The molecule has 1 unspecified atom stereocenters. The van der Waals surface area contributed by atoms with Gasteiger partial charge in [0.15, 0.2) is 0 Å². The van der Waals surface area contributed by atoms with Gasteiger partial charge in [-0.3, -0.25) is 0 Å². The first-order chi connectivity index (χ1) is 11.9. The monoisotopic (exact) mass is 327 g/mol. The van der Waals surface area contributed by atoms with Crippen molar-refractivity contribution in [3.05, 3.63) is 71.8 Å². The number of hydrogen-bond donors (Lipinski definition) is 2. The third-order valence-electron chi connectivity index (χ3n) is 4.12. The summed E-state index contributed by atoms with van der Waals surface area (Å²) in [6, 6.07) is 20.6. The van der Waals surface area contributed by atoms with E-state index in [-0.39, 0.29) is 12.6 Å². The number of unbranched alkanes of at least 4 members (excludes halogenated alkanes) is 2. The standard InChI is InChI=1S/C21H29NO2/c23-18-21(20-12-6-2-7-13-20)22-15-8-3-9-16-24-17-14-19-10-4-1-5-11-19/h1-2,4-7,10-13,21-23H,3,8-9,14-18H2. The third-order valence-corrected chi connectivity index (χ3v) is 4.12. The molecule has 0 aliphatic rings. The van der Waals surface area contributed by atoms with Crippen molar-refractivity contribution in [2.24, 2.45) is 0 Å². The predicted molar refractivity (Wildman–Crippen MR) is 99.1 cm³/mol. The molecule has 0 aliphatic heterocycles. The second-order valence-corrected chi connectivity index (χ2v) is 6.01. The lowest BCUT2D eigenvalue weighted by Gasteiger charge is -2.16. The van der Waals surface area contributed by atoms with Crippen LogP contribution in [0.15, 0.2) is 60.7 Å². The largest absolute Gasteiger partial charge is 0.394 e. The maximum absolute atomic E-state index is 9.49. The van der Waals surface area contributed by atoms with E-state index in [4.69, 9.17) is 4.74 Å². The van der Waals surface area contributed by atoms with Gasteiger partial charge in [0.25, 0.3) is 0 Å². The number of rotatable bonds is 12. The average Bonchev–Trinajstić information content (AvgIpc) is 2.65. The molecule has 0 spiro atoms. The van der Waals surface area contributed by atoms with Crippen molar-refractivity contribution in [1.82, 2.24) is 5.32 Å². The van der Waals surface area contributed by atoms with Crippen LogP contribution in [0.5, 0.6) is 0 Å². The highest BCUT2D eigenvalue weighted by atomic mass is 16.5. The van der Waals surface area contributed by atoms with Crippen molar-refractivity contribution in [3.8, 4) is 0 Å². The maximum atomic E-state index is 9.49. The zero-order chi connectivity index (χ0) is 16.9. The fourth-order valence-electron chi connectivity index (χ4n) is 2.69. The molecular weight excluding hydrogens is 298 g/mol. The zero-order valence-electron chi connectivity index (χ0n) is 14.4. The summed E-state index contributed by atoms with van der Waals surface area (Å²) in [6.45, 7) is 2.68. The molecule has 0 bridgehead atoms. The Morgan fingerprint density at radius 1 is 0.833 bits per heavy atom. The van der Waals surface area contributed by atoms with Crippen LogP contribution in [0.1, 0.15) is 36.4 Å². The van der Waals surface area contributed by atoms with Gasteiger partial charge in [0, 0.05) is 6.61 Å². The number of hydrogen-bond acceptors (Lipinski definition) is 3. The molecule has 0 fully saturated rings. The van der Waals surface area contributed by atoms with Gasteiger partial charge in [-0.1, -0.05) is 60.7 Å². The van der Waals surface area contributed by atoms with Crippen LogP contribution in [-0.4, -0.2) is 31.5 Å². The van der Waals surface area contributed by atoms with Gasteiger partial charge in [-0.2, -0.15) is 0 Å². The first-order valence-corrected chi connectivity index (χ1v) is 8.91. The van der Waals surface area contributed by atoms with E-state index in [2.05, 4.69) is 41.7 Å². The highest BCUT2D eigenvalue weighted by Gasteiger charge is 2.07. The number of nitrogens with one attached hydrogen (secondary N) is 1. The van der Waals surface area contributed by atoms with E-state index in [1.54, 1.807) is 0 Å². The number of aliphatic hydroxyl groups excluding tert-OH is 1. The number of ether oxygens (including phenoxy) is 1. The van der Waals surface area contributed by atoms with E-state index in [9.17, 15) is 5.11 Å². The van der Waals surface area contributed by atoms with Gasteiger partial charge >= 0.3 is 0 Å². The van der Waals surface area contributed by atoms with Crippen molar-refractivity contribution in [1.29, 1.82) is 0 Å². The van der Waals surface area contributed by atoms with Gasteiger partial charge in [-0.15, -0.1) is 0 Å². The lowest BCUT2D eigenvalue weighted by atomic mass is 10.1. The van der Waals surface area contributed by atoms with Crippen molar-refractivity contribution < 1.29 is 9.84 Å². The average molecular weight is 327 g/mol. The van der Waals surface area contributed by atoms with Crippen LogP contribution < -0.4 is 5.32 Å². The lowest BCUT2D eigenvalue weighted by Crippen LogP contribution is -2.25. The summed E-state index contributed by atoms with van der Waals surface area (Å²) in [7, 11) is 0. The Hall–Kier alpha value is -1.68. The Balaban J connectivity index is 1.46. The Morgan fingerprint density at radius 3 is 2.25 bits per heavy atom. The van der Waals surface area contributed by atoms with Gasteiger partial charge in [0.1, 0.15) is 0 Å². The quantitative estimate of drug-likeness (QED) is 0.584. The SMILES string of the molecule is OCC(NCCCCCOCCc1ccccc1)c1ccccc1. The second-order valence-electron chi connectivity index (χ2n) is 6.01. The number of aliphatic hydroxyl groups is 1. The first kappa shape index (κ1) is 18.7.